The summed E-state index contributed by atoms with van der Waals surface area (Å²) >= 11 is 0. The van der Waals surface area contributed by atoms with Crippen molar-refractivity contribution in [3.8, 4) is 5.75 Å². The Morgan fingerprint density at radius 1 is 1.64 bits per heavy atom. The van der Waals surface area contributed by atoms with E-state index in [9.17, 15) is 10.1 Å². The summed E-state index contributed by atoms with van der Waals surface area (Å²) in [6, 6.07) is 4.69. The Kier molecular flexibility index (Phi) is 3.38. The predicted octanol–water partition coefficient (Wildman–Crippen LogP) is 0.567. The largest absolute Gasteiger partial charge is 0.490 e. The van der Waals surface area contributed by atoms with Crippen molar-refractivity contribution in [3.63, 3.8) is 0 Å². The molecule has 0 spiro atoms. The van der Waals surface area contributed by atoms with Gasteiger partial charge >= 0.3 is 5.69 Å². The Bertz CT molecular complexity index is 341. The zero-order valence-corrected chi connectivity index (χ0v) is 7.69. The fourth-order valence-corrected chi connectivity index (χ4v) is 1.11. The molecule has 14 heavy (non-hydrogen) atoms. The molecule has 0 atom stereocenters. The molecule has 1 rings (SSSR count). The number of nitro groups is 1. The number of benzene rings is 1. The first kappa shape index (κ1) is 10.4. The van der Waals surface area contributed by atoms with E-state index in [2.05, 4.69) is 5.43 Å². The Hall–Kier alpha value is -1.66. The standard InChI is InChI=1S/C8H11N3O3/c1-14-8-3-2-6(5-10-9)4-7(8)11(12)13/h2-4,10H,5,9H2,1H3. The van der Waals surface area contributed by atoms with E-state index < -0.39 is 4.92 Å². The van der Waals surface area contributed by atoms with Crippen molar-refractivity contribution >= 4 is 5.69 Å². The number of nitrogens with one attached hydrogen (secondary N) is 1. The lowest BCUT2D eigenvalue weighted by atomic mass is 10.2. The van der Waals surface area contributed by atoms with Crippen LogP contribution in [0.15, 0.2) is 18.2 Å². The number of rotatable bonds is 4. The third-order valence-electron chi connectivity index (χ3n) is 1.75. The highest BCUT2D eigenvalue weighted by molar-refractivity contribution is 5.48. The molecule has 6 heteroatoms. The number of nitrogens with zero attached hydrogens (tertiary/aromatic N) is 1. The first-order valence-electron chi connectivity index (χ1n) is 3.93. The molecule has 1 aromatic carbocycles. The van der Waals surface area contributed by atoms with Crippen LogP contribution in [-0.4, -0.2) is 12.0 Å². The SMILES string of the molecule is COc1ccc(CNN)cc1[N+](=O)[O-]. The van der Waals surface area contributed by atoms with Crippen molar-refractivity contribution in [3.05, 3.63) is 33.9 Å². The lowest BCUT2D eigenvalue weighted by Crippen LogP contribution is -2.20. The van der Waals surface area contributed by atoms with Crippen molar-refractivity contribution in [1.29, 1.82) is 0 Å². The van der Waals surface area contributed by atoms with Crippen LogP contribution in [0.2, 0.25) is 0 Å². The molecule has 0 heterocycles. The molecule has 0 aliphatic rings. The summed E-state index contributed by atoms with van der Waals surface area (Å²) in [4.78, 5) is 10.1. The third-order valence-corrected chi connectivity index (χ3v) is 1.75. The summed E-state index contributed by atoms with van der Waals surface area (Å²) in [6.45, 7) is 0.380. The van der Waals surface area contributed by atoms with Crippen LogP contribution in [0.4, 0.5) is 5.69 Å². The van der Waals surface area contributed by atoms with Crippen molar-refractivity contribution in [1.82, 2.24) is 5.43 Å². The van der Waals surface area contributed by atoms with Gasteiger partial charge in [0.25, 0.3) is 0 Å². The van der Waals surface area contributed by atoms with Gasteiger partial charge in [0.15, 0.2) is 5.75 Å². The maximum absolute atomic E-state index is 10.6. The van der Waals surface area contributed by atoms with Gasteiger partial charge in [0.05, 0.1) is 12.0 Å². The Balaban J connectivity index is 3.07. The fraction of sp³-hybridized carbons (Fsp3) is 0.250. The molecule has 0 amide bonds. The lowest BCUT2D eigenvalue weighted by molar-refractivity contribution is -0.385. The maximum atomic E-state index is 10.6. The van der Waals surface area contributed by atoms with Crippen LogP contribution in [0, 0.1) is 10.1 Å². The number of hydrogen-bond donors (Lipinski definition) is 2. The van der Waals surface area contributed by atoms with Crippen molar-refractivity contribution < 1.29 is 9.66 Å². The zero-order valence-electron chi connectivity index (χ0n) is 7.69. The van der Waals surface area contributed by atoms with Gasteiger partial charge in [-0.15, -0.1) is 0 Å². The summed E-state index contributed by atoms with van der Waals surface area (Å²) in [6.07, 6.45) is 0. The number of nitro benzene ring substituents is 1. The summed E-state index contributed by atoms with van der Waals surface area (Å²) < 4.78 is 4.85. The van der Waals surface area contributed by atoms with Gasteiger partial charge in [-0.1, -0.05) is 6.07 Å². The summed E-state index contributed by atoms with van der Waals surface area (Å²) in [5.74, 6) is 5.35. The second-order valence-corrected chi connectivity index (χ2v) is 2.64. The molecule has 1 aromatic rings. The molecule has 0 radical (unpaired) electrons. The molecule has 3 N–H and O–H groups in total. The summed E-state index contributed by atoms with van der Waals surface area (Å²) in [5.41, 5.74) is 3.10. The van der Waals surface area contributed by atoms with Gasteiger partial charge in [-0.2, -0.15) is 0 Å². The van der Waals surface area contributed by atoms with Gasteiger partial charge in [-0.05, 0) is 11.6 Å². The highest BCUT2D eigenvalue weighted by Crippen LogP contribution is 2.27. The van der Waals surface area contributed by atoms with E-state index in [4.69, 9.17) is 10.6 Å². The first-order chi connectivity index (χ1) is 6.69. The van der Waals surface area contributed by atoms with Crippen molar-refractivity contribution in [2.45, 2.75) is 6.54 Å². The number of nitrogens with two attached hydrogens (primary N) is 1. The maximum Gasteiger partial charge on any atom is 0.311 e. The Labute approximate surface area is 80.8 Å². The van der Waals surface area contributed by atoms with Crippen molar-refractivity contribution in [2.75, 3.05) is 7.11 Å². The van der Waals surface area contributed by atoms with Crippen LogP contribution < -0.4 is 16.0 Å². The van der Waals surface area contributed by atoms with Crippen LogP contribution in [0.3, 0.4) is 0 Å². The molecule has 0 fully saturated rings. The average molecular weight is 197 g/mol. The highest BCUT2D eigenvalue weighted by Gasteiger charge is 2.14. The zero-order chi connectivity index (χ0) is 10.6. The minimum Gasteiger partial charge on any atom is -0.490 e. The lowest BCUT2D eigenvalue weighted by Gasteiger charge is -2.03. The average Bonchev–Trinajstić information content (AvgIpc) is 2.18. The van der Waals surface area contributed by atoms with Gasteiger partial charge in [0.2, 0.25) is 0 Å². The van der Waals surface area contributed by atoms with Crippen LogP contribution in [0.25, 0.3) is 0 Å². The second-order valence-electron chi connectivity index (χ2n) is 2.64. The quantitative estimate of drug-likeness (QED) is 0.418. The van der Waals surface area contributed by atoms with E-state index >= 15 is 0 Å². The van der Waals surface area contributed by atoms with Crippen molar-refractivity contribution in [2.24, 2.45) is 5.84 Å². The Morgan fingerprint density at radius 3 is 2.86 bits per heavy atom. The molecule has 0 saturated heterocycles. The minimum absolute atomic E-state index is 0.0553. The van der Waals surface area contributed by atoms with E-state index in [0.29, 0.717) is 6.54 Å². The summed E-state index contributed by atoms with van der Waals surface area (Å²) in [5, 5.41) is 10.6. The second kappa shape index (κ2) is 4.54. The van der Waals surface area contributed by atoms with Gasteiger partial charge in [-0.3, -0.25) is 21.4 Å². The number of ether oxygens (including phenoxy) is 1. The van der Waals surface area contributed by atoms with Gasteiger partial charge in [0, 0.05) is 12.6 Å². The number of hydrazine groups is 1. The minimum atomic E-state index is -0.487. The third kappa shape index (κ3) is 2.18. The molecule has 0 aliphatic carbocycles. The number of methoxy groups -OCH3 is 1. The van der Waals surface area contributed by atoms with Gasteiger partial charge < -0.3 is 4.74 Å². The van der Waals surface area contributed by atoms with E-state index in [1.54, 1.807) is 12.1 Å². The summed E-state index contributed by atoms with van der Waals surface area (Å²) in [7, 11) is 1.39. The Morgan fingerprint density at radius 2 is 2.36 bits per heavy atom. The number of hydrogen-bond acceptors (Lipinski definition) is 5. The molecule has 0 unspecified atom stereocenters. The molecule has 0 aliphatic heterocycles. The van der Waals surface area contributed by atoms with E-state index in [-0.39, 0.29) is 11.4 Å². The smallest absolute Gasteiger partial charge is 0.311 e. The highest BCUT2D eigenvalue weighted by atomic mass is 16.6. The first-order valence-corrected chi connectivity index (χ1v) is 3.93. The van der Waals surface area contributed by atoms with Crippen LogP contribution >= 0.6 is 0 Å². The molecule has 76 valence electrons. The monoisotopic (exact) mass is 197 g/mol. The van der Waals surface area contributed by atoms with Crippen LogP contribution in [0.1, 0.15) is 5.56 Å². The van der Waals surface area contributed by atoms with Gasteiger partial charge in [0.1, 0.15) is 0 Å². The molecule has 6 nitrogen and oxygen atoms in total. The molecule has 0 bridgehead atoms. The fourth-order valence-electron chi connectivity index (χ4n) is 1.11. The van der Waals surface area contributed by atoms with Crippen LogP contribution in [-0.2, 0) is 6.54 Å². The molecular weight excluding hydrogens is 186 g/mol. The topological polar surface area (TPSA) is 90.4 Å². The predicted molar refractivity (Wildman–Crippen MR) is 50.7 cm³/mol. The van der Waals surface area contributed by atoms with Gasteiger partial charge in [-0.25, -0.2) is 0 Å². The van der Waals surface area contributed by atoms with Crippen LogP contribution in [0.5, 0.6) is 5.75 Å². The van der Waals surface area contributed by atoms with E-state index in [0.717, 1.165) is 5.56 Å². The normalized spacial score (nSPS) is 9.86. The van der Waals surface area contributed by atoms with E-state index in [1.807, 2.05) is 0 Å². The van der Waals surface area contributed by atoms with E-state index in [1.165, 1.54) is 13.2 Å². The molecular formula is C8H11N3O3. The molecule has 0 saturated carbocycles. The molecule has 0 aromatic heterocycles.